The van der Waals surface area contributed by atoms with Crippen molar-refractivity contribution < 1.29 is 13.9 Å². The first-order valence-electron chi connectivity index (χ1n) is 7.76. The first kappa shape index (κ1) is 14.0. The molecular weight excluding hydrogens is 290 g/mol. The predicted molar refractivity (Wildman–Crippen MR) is 88.4 cm³/mol. The molecule has 2 aromatic carbocycles. The van der Waals surface area contributed by atoms with Crippen molar-refractivity contribution in [2.75, 3.05) is 26.3 Å². The molecular formula is C19H17NO3. The Morgan fingerprint density at radius 2 is 1.74 bits per heavy atom. The van der Waals surface area contributed by atoms with Gasteiger partial charge in [-0.3, -0.25) is 4.79 Å². The normalized spacial score (nSPS) is 15.0. The summed E-state index contributed by atoms with van der Waals surface area (Å²) in [6.07, 6.45) is 1.70. The van der Waals surface area contributed by atoms with E-state index in [-0.39, 0.29) is 5.91 Å². The number of morpholine rings is 1. The van der Waals surface area contributed by atoms with Crippen LogP contribution in [0.4, 0.5) is 0 Å². The number of hydrogen-bond acceptors (Lipinski definition) is 3. The number of ether oxygens (including phenoxy) is 1. The van der Waals surface area contributed by atoms with E-state index in [4.69, 9.17) is 9.15 Å². The van der Waals surface area contributed by atoms with Gasteiger partial charge >= 0.3 is 0 Å². The van der Waals surface area contributed by atoms with Crippen LogP contribution in [0.15, 0.2) is 59.2 Å². The lowest BCUT2D eigenvalue weighted by Crippen LogP contribution is -2.40. The number of fused-ring (bicyclic) bond motifs is 1. The lowest BCUT2D eigenvalue weighted by Gasteiger charge is -2.26. The smallest absolute Gasteiger partial charge is 0.254 e. The molecule has 0 radical (unpaired) electrons. The Morgan fingerprint density at radius 1 is 0.957 bits per heavy atom. The average Bonchev–Trinajstić information content (AvgIpc) is 3.11. The molecule has 1 aliphatic rings. The van der Waals surface area contributed by atoms with Crippen LogP contribution in [-0.2, 0) is 4.74 Å². The summed E-state index contributed by atoms with van der Waals surface area (Å²) in [6.45, 7) is 2.55. The Labute approximate surface area is 134 Å². The van der Waals surface area contributed by atoms with Gasteiger partial charge in [0.05, 0.1) is 19.5 Å². The summed E-state index contributed by atoms with van der Waals surface area (Å²) in [4.78, 5) is 14.3. The van der Waals surface area contributed by atoms with Crippen molar-refractivity contribution in [1.29, 1.82) is 0 Å². The quantitative estimate of drug-likeness (QED) is 0.727. The molecule has 1 saturated heterocycles. The van der Waals surface area contributed by atoms with Crippen molar-refractivity contribution in [3.05, 3.63) is 60.4 Å². The number of rotatable bonds is 2. The summed E-state index contributed by atoms with van der Waals surface area (Å²) in [5.74, 6) is 0.0658. The van der Waals surface area contributed by atoms with Crippen LogP contribution in [0, 0.1) is 0 Å². The lowest BCUT2D eigenvalue weighted by molar-refractivity contribution is 0.0303. The molecule has 2 heterocycles. The van der Waals surface area contributed by atoms with Crippen molar-refractivity contribution in [3.63, 3.8) is 0 Å². The summed E-state index contributed by atoms with van der Waals surface area (Å²) in [5, 5.41) is 1.08. The van der Waals surface area contributed by atoms with Gasteiger partial charge < -0.3 is 14.1 Å². The monoisotopic (exact) mass is 307 g/mol. The van der Waals surface area contributed by atoms with Crippen LogP contribution in [0.3, 0.4) is 0 Å². The molecule has 3 aromatic rings. The molecule has 0 aliphatic carbocycles. The van der Waals surface area contributed by atoms with E-state index in [0.717, 1.165) is 22.1 Å². The van der Waals surface area contributed by atoms with Crippen LogP contribution < -0.4 is 0 Å². The molecule has 1 fully saturated rings. The number of hydrogen-bond donors (Lipinski definition) is 0. The molecule has 4 nitrogen and oxygen atoms in total. The molecule has 23 heavy (non-hydrogen) atoms. The first-order chi connectivity index (χ1) is 11.3. The van der Waals surface area contributed by atoms with Crippen LogP contribution in [0.5, 0.6) is 0 Å². The molecule has 4 heteroatoms. The summed E-state index contributed by atoms with van der Waals surface area (Å²) in [7, 11) is 0. The first-order valence-corrected chi connectivity index (χ1v) is 7.76. The number of para-hydroxylation sites is 1. The van der Waals surface area contributed by atoms with Crippen LogP contribution >= 0.6 is 0 Å². The average molecular weight is 307 g/mol. The predicted octanol–water partition coefficient (Wildman–Crippen LogP) is 3.57. The van der Waals surface area contributed by atoms with Gasteiger partial charge in [0.25, 0.3) is 5.91 Å². The Bertz CT molecular complexity index is 829. The summed E-state index contributed by atoms with van der Waals surface area (Å²) >= 11 is 0. The standard InChI is InChI=1S/C19H17NO3/c21-19(20-9-12-22-13-10-20)16-6-4-14(5-7-16)17-3-1-2-15-8-11-23-18(15)17/h1-8,11H,9-10,12-13H2. The lowest BCUT2D eigenvalue weighted by atomic mass is 10.0. The highest BCUT2D eigenvalue weighted by Gasteiger charge is 2.18. The van der Waals surface area contributed by atoms with Crippen LogP contribution in [-0.4, -0.2) is 37.1 Å². The molecule has 1 amide bonds. The Balaban J connectivity index is 1.63. The highest BCUT2D eigenvalue weighted by atomic mass is 16.5. The molecule has 116 valence electrons. The fraction of sp³-hybridized carbons (Fsp3) is 0.211. The zero-order valence-corrected chi connectivity index (χ0v) is 12.7. The van der Waals surface area contributed by atoms with Crippen molar-refractivity contribution in [1.82, 2.24) is 4.90 Å². The highest BCUT2D eigenvalue weighted by molar-refractivity contribution is 5.96. The molecule has 1 aromatic heterocycles. The van der Waals surface area contributed by atoms with Gasteiger partial charge in [0.15, 0.2) is 0 Å². The summed E-state index contributed by atoms with van der Waals surface area (Å²) < 4.78 is 10.9. The van der Waals surface area contributed by atoms with Gasteiger partial charge in [0, 0.05) is 29.6 Å². The highest BCUT2D eigenvalue weighted by Crippen LogP contribution is 2.29. The number of nitrogens with zero attached hydrogens (tertiary/aromatic N) is 1. The van der Waals surface area contributed by atoms with Crippen molar-refractivity contribution in [2.45, 2.75) is 0 Å². The van der Waals surface area contributed by atoms with Crippen LogP contribution in [0.2, 0.25) is 0 Å². The number of amides is 1. The Hall–Kier alpha value is -2.59. The number of carbonyl (C=O) groups is 1. The summed E-state index contributed by atoms with van der Waals surface area (Å²) in [5.41, 5.74) is 3.67. The fourth-order valence-corrected chi connectivity index (χ4v) is 2.96. The molecule has 0 N–H and O–H groups in total. The summed E-state index contributed by atoms with van der Waals surface area (Å²) in [6, 6.07) is 15.7. The largest absolute Gasteiger partial charge is 0.464 e. The van der Waals surface area contributed by atoms with Gasteiger partial charge in [0.1, 0.15) is 5.58 Å². The third-order valence-corrected chi connectivity index (χ3v) is 4.22. The number of carbonyl (C=O) groups excluding carboxylic acids is 1. The van der Waals surface area contributed by atoms with E-state index in [1.807, 2.05) is 53.4 Å². The molecule has 0 saturated carbocycles. The minimum atomic E-state index is 0.0658. The maximum Gasteiger partial charge on any atom is 0.254 e. The van der Waals surface area contributed by atoms with E-state index in [2.05, 4.69) is 0 Å². The SMILES string of the molecule is O=C(c1ccc(-c2cccc3ccoc23)cc1)N1CCOCC1. The van der Waals surface area contributed by atoms with Crippen LogP contribution in [0.25, 0.3) is 22.1 Å². The Morgan fingerprint density at radius 3 is 2.52 bits per heavy atom. The van der Waals surface area contributed by atoms with E-state index in [9.17, 15) is 4.79 Å². The van der Waals surface area contributed by atoms with Gasteiger partial charge in [-0.2, -0.15) is 0 Å². The number of benzene rings is 2. The van der Waals surface area contributed by atoms with Crippen LogP contribution in [0.1, 0.15) is 10.4 Å². The molecule has 4 rings (SSSR count). The van der Waals surface area contributed by atoms with E-state index in [1.165, 1.54) is 0 Å². The van der Waals surface area contributed by atoms with Gasteiger partial charge in [-0.25, -0.2) is 0 Å². The topological polar surface area (TPSA) is 42.7 Å². The second-order valence-corrected chi connectivity index (χ2v) is 5.63. The maximum absolute atomic E-state index is 12.5. The van der Waals surface area contributed by atoms with Gasteiger partial charge in [0.2, 0.25) is 0 Å². The van der Waals surface area contributed by atoms with Crippen molar-refractivity contribution in [2.24, 2.45) is 0 Å². The minimum absolute atomic E-state index is 0.0658. The van der Waals surface area contributed by atoms with E-state index < -0.39 is 0 Å². The van der Waals surface area contributed by atoms with Crippen molar-refractivity contribution >= 4 is 16.9 Å². The van der Waals surface area contributed by atoms with Gasteiger partial charge in [-0.1, -0.05) is 30.3 Å². The zero-order chi connectivity index (χ0) is 15.6. The molecule has 0 atom stereocenters. The molecule has 1 aliphatic heterocycles. The van der Waals surface area contributed by atoms with E-state index in [0.29, 0.717) is 31.9 Å². The van der Waals surface area contributed by atoms with Gasteiger partial charge in [-0.15, -0.1) is 0 Å². The third kappa shape index (κ3) is 2.62. The second-order valence-electron chi connectivity index (χ2n) is 5.63. The zero-order valence-electron chi connectivity index (χ0n) is 12.7. The minimum Gasteiger partial charge on any atom is -0.464 e. The fourth-order valence-electron chi connectivity index (χ4n) is 2.96. The number of furan rings is 1. The van der Waals surface area contributed by atoms with Crippen molar-refractivity contribution in [3.8, 4) is 11.1 Å². The van der Waals surface area contributed by atoms with Gasteiger partial charge in [-0.05, 0) is 23.8 Å². The van der Waals surface area contributed by atoms with E-state index in [1.54, 1.807) is 6.26 Å². The Kier molecular flexibility index (Phi) is 3.60. The molecule has 0 spiro atoms. The second kappa shape index (κ2) is 5.89. The third-order valence-electron chi connectivity index (χ3n) is 4.22. The maximum atomic E-state index is 12.5. The molecule has 0 unspecified atom stereocenters. The molecule has 0 bridgehead atoms. The van der Waals surface area contributed by atoms with E-state index >= 15 is 0 Å².